The Labute approximate surface area is 124 Å². The topological polar surface area (TPSA) is 86.7 Å². The van der Waals surface area contributed by atoms with Gasteiger partial charge in [0.15, 0.2) is 5.78 Å². The van der Waals surface area contributed by atoms with Crippen LogP contribution in [0.2, 0.25) is 0 Å². The van der Waals surface area contributed by atoms with Crippen molar-refractivity contribution in [1.29, 1.82) is 0 Å². The average Bonchev–Trinajstić information content (AvgIpc) is 2.34. The Hall–Kier alpha value is -1.73. The average molecular weight is 314 g/mol. The lowest BCUT2D eigenvalue weighted by molar-refractivity contribution is -0.165. The summed E-state index contributed by atoms with van der Waals surface area (Å²) in [6.07, 6.45) is -1.81. The molecule has 1 aromatic carbocycles. The predicted octanol–water partition coefficient (Wildman–Crippen LogP) is 1.69. The van der Waals surface area contributed by atoms with Crippen molar-refractivity contribution in [3.05, 3.63) is 30.3 Å². The van der Waals surface area contributed by atoms with E-state index in [2.05, 4.69) is 0 Å². The van der Waals surface area contributed by atoms with Crippen LogP contribution in [0.15, 0.2) is 35.2 Å². The Bertz CT molecular complexity index is 613. The van der Waals surface area contributed by atoms with Crippen LogP contribution < -0.4 is 0 Å². The maximum absolute atomic E-state index is 12.0. The number of benzene rings is 1. The summed E-state index contributed by atoms with van der Waals surface area (Å²) in [5.74, 6) is -1.78. The number of rotatable bonds is 5. The standard InChI is InChI=1S/C14H18O6S/c1-10(15)12(13(16)19-14(2,3)4)20-21(17,18)11-8-6-5-7-9-11/h5-9,12H,1-4H3. The molecule has 0 aliphatic carbocycles. The fourth-order valence-corrected chi connectivity index (χ4v) is 2.47. The van der Waals surface area contributed by atoms with Crippen LogP contribution in [0.4, 0.5) is 0 Å². The molecule has 1 unspecified atom stereocenters. The first-order valence-electron chi connectivity index (χ1n) is 6.24. The normalized spacial score (nSPS) is 13.5. The summed E-state index contributed by atoms with van der Waals surface area (Å²) in [6.45, 7) is 5.88. The van der Waals surface area contributed by atoms with Crippen LogP contribution in [0.25, 0.3) is 0 Å². The van der Waals surface area contributed by atoms with Gasteiger partial charge in [0.05, 0.1) is 4.90 Å². The molecule has 0 saturated carbocycles. The van der Waals surface area contributed by atoms with E-state index in [0.717, 1.165) is 6.92 Å². The van der Waals surface area contributed by atoms with Gasteiger partial charge in [0.2, 0.25) is 6.10 Å². The van der Waals surface area contributed by atoms with Crippen LogP contribution in [0.1, 0.15) is 27.7 Å². The molecule has 116 valence electrons. The zero-order valence-corrected chi connectivity index (χ0v) is 13.1. The first-order chi connectivity index (χ1) is 9.53. The molecule has 21 heavy (non-hydrogen) atoms. The molecule has 1 rings (SSSR count). The number of esters is 1. The number of ether oxygens (including phenoxy) is 1. The van der Waals surface area contributed by atoms with Crippen molar-refractivity contribution in [2.45, 2.75) is 44.3 Å². The summed E-state index contributed by atoms with van der Waals surface area (Å²) in [4.78, 5) is 23.2. The molecular formula is C14H18O6S. The van der Waals surface area contributed by atoms with E-state index in [0.29, 0.717) is 0 Å². The van der Waals surface area contributed by atoms with Crippen molar-refractivity contribution in [3.63, 3.8) is 0 Å². The third kappa shape index (κ3) is 5.28. The van der Waals surface area contributed by atoms with Gasteiger partial charge in [-0.3, -0.25) is 4.79 Å². The Morgan fingerprint density at radius 3 is 2.05 bits per heavy atom. The SMILES string of the molecule is CC(=O)C(OS(=O)(=O)c1ccccc1)C(=O)OC(C)(C)C. The molecule has 0 amide bonds. The molecule has 0 saturated heterocycles. The lowest BCUT2D eigenvalue weighted by atomic mass is 10.2. The van der Waals surface area contributed by atoms with Crippen LogP contribution in [-0.2, 0) is 28.6 Å². The van der Waals surface area contributed by atoms with Crippen molar-refractivity contribution in [1.82, 2.24) is 0 Å². The number of carbonyl (C=O) groups is 2. The molecular weight excluding hydrogens is 296 g/mol. The van der Waals surface area contributed by atoms with Gasteiger partial charge in [0.1, 0.15) is 5.60 Å². The highest BCUT2D eigenvalue weighted by Gasteiger charge is 2.34. The first kappa shape index (κ1) is 17.3. The smallest absolute Gasteiger partial charge is 0.345 e. The molecule has 0 aliphatic rings. The highest BCUT2D eigenvalue weighted by molar-refractivity contribution is 7.86. The molecule has 7 heteroatoms. The second kappa shape index (κ2) is 6.36. The Morgan fingerprint density at radius 2 is 1.62 bits per heavy atom. The van der Waals surface area contributed by atoms with E-state index in [-0.39, 0.29) is 4.90 Å². The van der Waals surface area contributed by atoms with Gasteiger partial charge in [-0.1, -0.05) is 18.2 Å². The van der Waals surface area contributed by atoms with Crippen molar-refractivity contribution in [2.75, 3.05) is 0 Å². The molecule has 0 spiro atoms. The Balaban J connectivity index is 2.99. The molecule has 0 heterocycles. The minimum atomic E-state index is -4.23. The zero-order valence-electron chi connectivity index (χ0n) is 12.3. The van der Waals surface area contributed by atoms with E-state index in [1.807, 2.05) is 0 Å². The number of hydrogen-bond acceptors (Lipinski definition) is 6. The number of Topliss-reactive ketones (excluding diaryl/α,β-unsaturated/α-hetero) is 1. The summed E-state index contributed by atoms with van der Waals surface area (Å²) in [6, 6.07) is 7.26. The van der Waals surface area contributed by atoms with Gasteiger partial charge in [-0.15, -0.1) is 0 Å². The van der Waals surface area contributed by atoms with E-state index in [4.69, 9.17) is 8.92 Å². The quantitative estimate of drug-likeness (QED) is 0.467. The van der Waals surface area contributed by atoms with Gasteiger partial charge in [0.25, 0.3) is 10.1 Å². The van der Waals surface area contributed by atoms with E-state index < -0.39 is 33.6 Å². The molecule has 0 N–H and O–H groups in total. The van der Waals surface area contributed by atoms with Gasteiger partial charge in [-0.25, -0.2) is 8.98 Å². The van der Waals surface area contributed by atoms with Gasteiger partial charge in [-0.05, 0) is 39.8 Å². The molecule has 6 nitrogen and oxygen atoms in total. The summed E-state index contributed by atoms with van der Waals surface area (Å²) in [5, 5.41) is 0. The molecule has 0 aromatic heterocycles. The first-order valence-corrected chi connectivity index (χ1v) is 7.65. The van der Waals surface area contributed by atoms with Crippen LogP contribution in [0.5, 0.6) is 0 Å². The predicted molar refractivity (Wildman–Crippen MR) is 75.0 cm³/mol. The summed E-state index contributed by atoms with van der Waals surface area (Å²) in [5.41, 5.74) is -0.856. The van der Waals surface area contributed by atoms with Gasteiger partial charge < -0.3 is 4.74 Å². The van der Waals surface area contributed by atoms with Gasteiger partial charge >= 0.3 is 5.97 Å². The monoisotopic (exact) mass is 314 g/mol. The highest BCUT2D eigenvalue weighted by Crippen LogP contribution is 2.17. The van der Waals surface area contributed by atoms with E-state index in [1.165, 1.54) is 24.3 Å². The molecule has 0 bridgehead atoms. The lowest BCUT2D eigenvalue weighted by Crippen LogP contribution is -2.39. The fourth-order valence-electron chi connectivity index (χ4n) is 1.40. The van der Waals surface area contributed by atoms with Gasteiger partial charge in [-0.2, -0.15) is 8.42 Å². The maximum Gasteiger partial charge on any atom is 0.345 e. The summed E-state index contributed by atoms with van der Waals surface area (Å²) >= 11 is 0. The number of carbonyl (C=O) groups excluding carboxylic acids is 2. The molecule has 1 aromatic rings. The van der Waals surface area contributed by atoms with Crippen LogP contribution in [0.3, 0.4) is 0 Å². The van der Waals surface area contributed by atoms with Crippen LogP contribution >= 0.6 is 0 Å². The summed E-state index contributed by atoms with van der Waals surface area (Å²) < 4.78 is 33.8. The minimum absolute atomic E-state index is 0.139. The largest absolute Gasteiger partial charge is 0.458 e. The van der Waals surface area contributed by atoms with Crippen LogP contribution in [-0.4, -0.2) is 31.9 Å². The molecule has 0 fully saturated rings. The molecule has 0 aliphatic heterocycles. The lowest BCUT2D eigenvalue weighted by Gasteiger charge is -2.22. The third-order valence-corrected chi connectivity index (χ3v) is 3.54. The Morgan fingerprint density at radius 1 is 1.10 bits per heavy atom. The van der Waals surface area contributed by atoms with Crippen molar-refractivity contribution < 1.29 is 26.9 Å². The van der Waals surface area contributed by atoms with Crippen LogP contribution in [0, 0.1) is 0 Å². The second-order valence-electron chi connectivity index (χ2n) is 5.39. The maximum atomic E-state index is 12.0. The number of hydrogen-bond donors (Lipinski definition) is 0. The van der Waals surface area contributed by atoms with Gasteiger partial charge in [0, 0.05) is 0 Å². The highest BCUT2D eigenvalue weighted by atomic mass is 32.2. The van der Waals surface area contributed by atoms with Crippen molar-refractivity contribution in [2.24, 2.45) is 0 Å². The molecule has 1 atom stereocenters. The van der Waals surface area contributed by atoms with E-state index >= 15 is 0 Å². The van der Waals surface area contributed by atoms with Crippen molar-refractivity contribution >= 4 is 21.9 Å². The molecule has 0 radical (unpaired) electrons. The van der Waals surface area contributed by atoms with E-state index in [9.17, 15) is 18.0 Å². The van der Waals surface area contributed by atoms with Crippen molar-refractivity contribution in [3.8, 4) is 0 Å². The second-order valence-corrected chi connectivity index (χ2v) is 6.96. The Kier molecular flexibility index (Phi) is 5.25. The number of ketones is 1. The van der Waals surface area contributed by atoms with E-state index in [1.54, 1.807) is 26.8 Å². The minimum Gasteiger partial charge on any atom is -0.458 e. The summed E-state index contributed by atoms with van der Waals surface area (Å²) in [7, 11) is -4.23. The fraction of sp³-hybridized carbons (Fsp3) is 0.429. The third-order valence-electron chi connectivity index (χ3n) is 2.24. The zero-order chi connectivity index (χ0) is 16.3.